The number of rotatable bonds is 3. The summed E-state index contributed by atoms with van der Waals surface area (Å²) in [5, 5.41) is 9.39. The van der Waals surface area contributed by atoms with Crippen molar-refractivity contribution < 1.29 is 4.79 Å². The monoisotopic (exact) mass is 284 g/mol. The SMILES string of the molecule is Cc1[nH]nc(C(=O)NC(C)c2ccc(Cl)s2)c1N. The summed E-state index contributed by atoms with van der Waals surface area (Å²) in [4.78, 5) is 13.0. The lowest BCUT2D eigenvalue weighted by atomic mass is 10.2. The first-order chi connectivity index (χ1) is 8.49. The Hall–Kier alpha value is -1.53. The highest BCUT2D eigenvalue weighted by Crippen LogP contribution is 2.27. The van der Waals surface area contributed by atoms with Gasteiger partial charge in [0.15, 0.2) is 5.69 Å². The zero-order valence-electron chi connectivity index (χ0n) is 9.95. The summed E-state index contributed by atoms with van der Waals surface area (Å²) in [7, 11) is 0. The lowest BCUT2D eigenvalue weighted by Gasteiger charge is -2.11. The Balaban J connectivity index is 2.10. The van der Waals surface area contributed by atoms with E-state index in [0.29, 0.717) is 15.7 Å². The summed E-state index contributed by atoms with van der Waals surface area (Å²) in [6.07, 6.45) is 0. The third kappa shape index (κ3) is 2.49. The number of aromatic amines is 1. The van der Waals surface area contributed by atoms with Gasteiger partial charge in [0.2, 0.25) is 0 Å². The number of carbonyl (C=O) groups excluding carboxylic acids is 1. The number of nitrogens with two attached hydrogens (primary N) is 1. The second-order valence-electron chi connectivity index (χ2n) is 3.95. The molecule has 0 aliphatic heterocycles. The van der Waals surface area contributed by atoms with Gasteiger partial charge in [0.25, 0.3) is 5.91 Å². The molecular weight excluding hydrogens is 272 g/mol. The smallest absolute Gasteiger partial charge is 0.274 e. The van der Waals surface area contributed by atoms with Gasteiger partial charge in [-0.2, -0.15) is 5.10 Å². The highest BCUT2D eigenvalue weighted by Gasteiger charge is 2.18. The summed E-state index contributed by atoms with van der Waals surface area (Å²) in [5.74, 6) is -0.297. The van der Waals surface area contributed by atoms with Crippen molar-refractivity contribution in [3.8, 4) is 0 Å². The van der Waals surface area contributed by atoms with Crippen molar-refractivity contribution in [1.29, 1.82) is 0 Å². The van der Waals surface area contributed by atoms with Crippen LogP contribution in [0.15, 0.2) is 12.1 Å². The first-order valence-corrected chi connectivity index (χ1v) is 6.55. The molecule has 7 heteroatoms. The van der Waals surface area contributed by atoms with Gasteiger partial charge < -0.3 is 11.1 Å². The van der Waals surface area contributed by atoms with Gasteiger partial charge in [0.1, 0.15) is 0 Å². The van der Waals surface area contributed by atoms with Crippen LogP contribution in [0.25, 0.3) is 0 Å². The van der Waals surface area contributed by atoms with Crippen molar-refractivity contribution in [2.24, 2.45) is 0 Å². The summed E-state index contributed by atoms with van der Waals surface area (Å²) < 4.78 is 0.696. The van der Waals surface area contributed by atoms with Crippen LogP contribution in [-0.4, -0.2) is 16.1 Å². The molecule has 2 heterocycles. The Bertz CT molecular complexity index is 577. The fraction of sp³-hybridized carbons (Fsp3) is 0.273. The molecule has 0 saturated heterocycles. The zero-order valence-corrected chi connectivity index (χ0v) is 11.5. The topological polar surface area (TPSA) is 83.8 Å². The normalized spacial score (nSPS) is 12.4. The van der Waals surface area contributed by atoms with Crippen molar-refractivity contribution >= 4 is 34.5 Å². The minimum absolute atomic E-state index is 0.133. The molecule has 0 aromatic carbocycles. The largest absolute Gasteiger partial charge is 0.395 e. The maximum Gasteiger partial charge on any atom is 0.274 e. The quantitative estimate of drug-likeness (QED) is 0.810. The molecular formula is C11H13ClN4OS. The van der Waals surface area contributed by atoms with Crippen molar-refractivity contribution in [1.82, 2.24) is 15.5 Å². The van der Waals surface area contributed by atoms with Crippen molar-refractivity contribution in [3.63, 3.8) is 0 Å². The van der Waals surface area contributed by atoms with Gasteiger partial charge in [-0.3, -0.25) is 9.89 Å². The molecule has 2 aromatic heterocycles. The summed E-state index contributed by atoms with van der Waals surface area (Å²) in [6, 6.07) is 3.56. The van der Waals surface area contributed by atoms with E-state index in [1.807, 2.05) is 13.0 Å². The van der Waals surface area contributed by atoms with Crippen LogP contribution < -0.4 is 11.1 Å². The summed E-state index contributed by atoms with van der Waals surface area (Å²) in [6.45, 7) is 3.65. The predicted octanol–water partition coefficient (Wildman–Crippen LogP) is 2.51. The molecule has 0 spiro atoms. The van der Waals surface area contributed by atoms with Gasteiger partial charge in [0, 0.05) is 4.88 Å². The molecule has 0 saturated carbocycles. The molecule has 96 valence electrons. The molecule has 5 nitrogen and oxygen atoms in total. The molecule has 2 rings (SSSR count). The average Bonchev–Trinajstić information content (AvgIpc) is 2.87. The van der Waals surface area contributed by atoms with E-state index >= 15 is 0 Å². The summed E-state index contributed by atoms with van der Waals surface area (Å²) >= 11 is 7.29. The number of aryl methyl sites for hydroxylation is 1. The first-order valence-electron chi connectivity index (χ1n) is 5.35. The number of H-pyrrole nitrogens is 1. The number of aromatic nitrogens is 2. The van der Waals surface area contributed by atoms with Crippen LogP contribution in [0.2, 0.25) is 4.34 Å². The maximum atomic E-state index is 12.0. The Morgan fingerprint density at radius 1 is 1.61 bits per heavy atom. The van der Waals surface area contributed by atoms with Gasteiger partial charge in [-0.05, 0) is 26.0 Å². The summed E-state index contributed by atoms with van der Waals surface area (Å²) in [5.41, 5.74) is 7.04. The predicted molar refractivity (Wildman–Crippen MR) is 72.9 cm³/mol. The van der Waals surface area contributed by atoms with Gasteiger partial charge in [-0.25, -0.2) is 0 Å². The van der Waals surface area contributed by atoms with Gasteiger partial charge in [0.05, 0.1) is 21.8 Å². The van der Waals surface area contributed by atoms with E-state index in [1.165, 1.54) is 11.3 Å². The molecule has 0 fully saturated rings. The number of nitrogens with zero attached hydrogens (tertiary/aromatic N) is 1. The lowest BCUT2D eigenvalue weighted by molar-refractivity contribution is 0.0936. The van der Waals surface area contributed by atoms with Crippen molar-refractivity contribution in [2.75, 3.05) is 5.73 Å². The van der Waals surface area contributed by atoms with Crippen LogP contribution in [0, 0.1) is 6.92 Å². The Morgan fingerprint density at radius 3 is 2.83 bits per heavy atom. The van der Waals surface area contributed by atoms with Crippen LogP contribution in [0.5, 0.6) is 0 Å². The van der Waals surface area contributed by atoms with Crippen LogP contribution in [0.4, 0.5) is 5.69 Å². The number of nitrogen functional groups attached to an aromatic ring is 1. The molecule has 2 aromatic rings. The molecule has 1 amide bonds. The zero-order chi connectivity index (χ0) is 13.3. The Labute approximate surface area is 113 Å². The van der Waals surface area contributed by atoms with Crippen molar-refractivity contribution in [2.45, 2.75) is 19.9 Å². The number of hydrogen-bond acceptors (Lipinski definition) is 4. The van der Waals surface area contributed by atoms with Gasteiger partial charge in [-0.15, -0.1) is 11.3 Å². The van der Waals surface area contributed by atoms with E-state index in [2.05, 4.69) is 15.5 Å². The van der Waals surface area contributed by atoms with Crippen LogP contribution in [-0.2, 0) is 0 Å². The lowest BCUT2D eigenvalue weighted by Crippen LogP contribution is -2.27. The van der Waals surface area contributed by atoms with Crippen molar-refractivity contribution in [3.05, 3.63) is 32.7 Å². The highest BCUT2D eigenvalue weighted by atomic mass is 35.5. The van der Waals surface area contributed by atoms with Gasteiger partial charge in [-0.1, -0.05) is 11.6 Å². The van der Waals surface area contributed by atoms with Crippen LogP contribution in [0.1, 0.15) is 34.0 Å². The van der Waals surface area contributed by atoms with E-state index in [0.717, 1.165) is 4.88 Å². The number of halogens is 1. The highest BCUT2D eigenvalue weighted by molar-refractivity contribution is 7.16. The van der Waals surface area contributed by atoms with E-state index in [4.69, 9.17) is 17.3 Å². The molecule has 0 radical (unpaired) electrons. The number of nitrogens with one attached hydrogen (secondary N) is 2. The molecule has 1 unspecified atom stereocenters. The number of hydrogen-bond donors (Lipinski definition) is 3. The molecule has 18 heavy (non-hydrogen) atoms. The molecule has 0 bridgehead atoms. The van der Waals surface area contributed by atoms with Gasteiger partial charge >= 0.3 is 0 Å². The fourth-order valence-corrected chi connectivity index (χ4v) is 2.57. The molecule has 0 aliphatic rings. The number of anilines is 1. The molecule has 1 atom stereocenters. The maximum absolute atomic E-state index is 12.0. The molecule has 4 N–H and O–H groups in total. The Morgan fingerprint density at radius 2 is 2.33 bits per heavy atom. The minimum Gasteiger partial charge on any atom is -0.395 e. The first kappa shape index (κ1) is 12.9. The van der Waals surface area contributed by atoms with Crippen LogP contribution >= 0.6 is 22.9 Å². The third-order valence-electron chi connectivity index (χ3n) is 2.58. The van der Waals surface area contributed by atoms with E-state index in [-0.39, 0.29) is 17.6 Å². The standard InChI is InChI=1S/C11H13ClN4OS/c1-5(7-3-4-8(12)18-7)14-11(17)10-9(13)6(2)15-16-10/h3-5H,13H2,1-2H3,(H,14,17)(H,15,16). The average molecular weight is 285 g/mol. The minimum atomic E-state index is -0.297. The number of amides is 1. The number of thiophene rings is 1. The molecule has 0 aliphatic carbocycles. The van der Waals surface area contributed by atoms with E-state index in [1.54, 1.807) is 13.0 Å². The second kappa shape index (κ2) is 4.99. The third-order valence-corrected chi connectivity index (χ3v) is 3.99. The number of carbonyl (C=O) groups is 1. The second-order valence-corrected chi connectivity index (χ2v) is 5.69. The fourth-order valence-electron chi connectivity index (χ4n) is 1.51. The van der Waals surface area contributed by atoms with E-state index < -0.39 is 0 Å². The van der Waals surface area contributed by atoms with Crippen LogP contribution in [0.3, 0.4) is 0 Å². The van der Waals surface area contributed by atoms with E-state index in [9.17, 15) is 4.79 Å². The Kier molecular flexibility index (Phi) is 3.58.